The average molecular weight is 301 g/mol. The van der Waals surface area contributed by atoms with Crippen molar-refractivity contribution in [3.05, 3.63) is 54.1 Å². The molecule has 0 radical (unpaired) electrons. The molecule has 1 aromatic carbocycles. The van der Waals surface area contributed by atoms with Crippen molar-refractivity contribution in [1.82, 2.24) is 14.9 Å². The summed E-state index contributed by atoms with van der Waals surface area (Å²) in [6.45, 7) is 4.58. The molecule has 0 atom stereocenters. The molecule has 2 aromatic rings. The highest BCUT2D eigenvalue weighted by Crippen LogP contribution is 2.18. The van der Waals surface area contributed by atoms with E-state index in [0.29, 0.717) is 12.2 Å². The zero-order chi connectivity index (χ0) is 15.2. The maximum absolute atomic E-state index is 12.6. The summed E-state index contributed by atoms with van der Waals surface area (Å²) in [5.74, 6) is -0.0901. The van der Waals surface area contributed by atoms with Gasteiger partial charge in [-0.05, 0) is 37.8 Å². The normalized spacial score (nSPS) is 10.7. The largest absolute Gasteiger partial charge is 0.331 e. The molecule has 0 aliphatic rings. The second-order valence-electron chi connectivity index (χ2n) is 4.97. The van der Waals surface area contributed by atoms with Crippen molar-refractivity contribution >= 4 is 17.7 Å². The first kappa shape index (κ1) is 15.5. The number of nitrogens with zero attached hydrogens (tertiary/aromatic N) is 3. The number of thioether (sulfide) groups is 1. The van der Waals surface area contributed by atoms with E-state index in [0.717, 1.165) is 5.56 Å². The number of hydrogen-bond donors (Lipinski definition) is 0. The van der Waals surface area contributed by atoms with Crippen LogP contribution in [0.4, 0.5) is 0 Å². The molecule has 0 fully saturated rings. The number of carbonyl (C=O) groups is 1. The second kappa shape index (κ2) is 7.22. The van der Waals surface area contributed by atoms with Crippen LogP contribution in [0.5, 0.6) is 0 Å². The van der Waals surface area contributed by atoms with Crippen LogP contribution in [-0.2, 0) is 6.54 Å². The topological polar surface area (TPSA) is 46.1 Å². The van der Waals surface area contributed by atoms with Crippen LogP contribution in [0, 0.1) is 0 Å². The van der Waals surface area contributed by atoms with E-state index in [4.69, 9.17) is 0 Å². The van der Waals surface area contributed by atoms with E-state index >= 15 is 0 Å². The molecule has 0 unspecified atom stereocenters. The van der Waals surface area contributed by atoms with Crippen molar-refractivity contribution in [3.63, 3.8) is 0 Å². The fraction of sp³-hybridized carbons (Fsp3) is 0.312. The fourth-order valence-corrected chi connectivity index (χ4v) is 2.50. The van der Waals surface area contributed by atoms with Crippen molar-refractivity contribution < 1.29 is 4.79 Å². The molecule has 1 aromatic heterocycles. The van der Waals surface area contributed by atoms with E-state index in [2.05, 4.69) is 22.1 Å². The summed E-state index contributed by atoms with van der Waals surface area (Å²) in [4.78, 5) is 23.6. The summed E-state index contributed by atoms with van der Waals surface area (Å²) in [5.41, 5.74) is 1.50. The number of aromatic nitrogens is 2. The van der Waals surface area contributed by atoms with Gasteiger partial charge in [0.2, 0.25) is 0 Å². The predicted molar refractivity (Wildman–Crippen MR) is 85.3 cm³/mol. The van der Waals surface area contributed by atoms with Gasteiger partial charge in [-0.3, -0.25) is 9.78 Å². The molecule has 0 spiro atoms. The third kappa shape index (κ3) is 4.04. The van der Waals surface area contributed by atoms with Gasteiger partial charge in [0.25, 0.3) is 5.91 Å². The molecular weight excluding hydrogens is 282 g/mol. The highest BCUT2D eigenvalue weighted by atomic mass is 32.2. The van der Waals surface area contributed by atoms with E-state index in [1.54, 1.807) is 24.2 Å². The Bertz CT molecular complexity index is 601. The van der Waals surface area contributed by atoms with Gasteiger partial charge in [-0.2, -0.15) is 0 Å². The molecule has 0 aliphatic heterocycles. The van der Waals surface area contributed by atoms with Gasteiger partial charge >= 0.3 is 0 Å². The smallest absolute Gasteiger partial charge is 0.274 e. The minimum Gasteiger partial charge on any atom is -0.331 e. The third-order valence-corrected chi connectivity index (χ3v) is 3.88. The van der Waals surface area contributed by atoms with Crippen LogP contribution in [-0.4, -0.2) is 33.1 Å². The summed E-state index contributed by atoms with van der Waals surface area (Å²) in [6, 6.07) is 8.34. The van der Waals surface area contributed by atoms with Gasteiger partial charge in [-0.1, -0.05) is 12.1 Å². The quantitative estimate of drug-likeness (QED) is 0.795. The molecule has 0 aliphatic carbocycles. The SMILES string of the molecule is CSc1cccc(CN(C(=O)c2cnccn2)C(C)C)c1. The van der Waals surface area contributed by atoms with Gasteiger partial charge in [-0.25, -0.2) is 4.98 Å². The predicted octanol–water partition coefficient (Wildman–Crippen LogP) is 3.25. The molecule has 21 heavy (non-hydrogen) atoms. The number of benzene rings is 1. The molecule has 1 heterocycles. The molecule has 0 bridgehead atoms. The van der Waals surface area contributed by atoms with Crippen LogP contribution in [0.15, 0.2) is 47.8 Å². The monoisotopic (exact) mass is 301 g/mol. The lowest BCUT2D eigenvalue weighted by Crippen LogP contribution is -2.36. The molecule has 4 nitrogen and oxygen atoms in total. The molecule has 0 saturated heterocycles. The van der Waals surface area contributed by atoms with E-state index in [1.165, 1.54) is 11.1 Å². The Balaban J connectivity index is 2.21. The fourth-order valence-electron chi connectivity index (χ4n) is 2.01. The maximum Gasteiger partial charge on any atom is 0.274 e. The average Bonchev–Trinajstić information content (AvgIpc) is 2.52. The zero-order valence-electron chi connectivity index (χ0n) is 12.5. The van der Waals surface area contributed by atoms with Crippen LogP contribution in [0.1, 0.15) is 29.9 Å². The van der Waals surface area contributed by atoms with Crippen LogP contribution >= 0.6 is 11.8 Å². The van der Waals surface area contributed by atoms with Gasteiger partial charge in [0.1, 0.15) is 5.69 Å². The lowest BCUT2D eigenvalue weighted by Gasteiger charge is -2.26. The molecule has 110 valence electrons. The van der Waals surface area contributed by atoms with Gasteiger partial charge in [-0.15, -0.1) is 11.8 Å². The van der Waals surface area contributed by atoms with Gasteiger partial charge in [0, 0.05) is 29.9 Å². The third-order valence-electron chi connectivity index (χ3n) is 3.15. The Kier molecular flexibility index (Phi) is 5.33. The minimum atomic E-state index is -0.0901. The highest BCUT2D eigenvalue weighted by Gasteiger charge is 2.20. The van der Waals surface area contributed by atoms with E-state index in [-0.39, 0.29) is 11.9 Å². The summed E-state index contributed by atoms with van der Waals surface area (Å²) in [6.07, 6.45) is 6.67. The van der Waals surface area contributed by atoms with Crippen molar-refractivity contribution in [3.8, 4) is 0 Å². The first-order valence-electron chi connectivity index (χ1n) is 6.81. The molecule has 0 N–H and O–H groups in total. The number of carbonyl (C=O) groups excluding carboxylic acids is 1. The van der Waals surface area contributed by atoms with E-state index < -0.39 is 0 Å². The van der Waals surface area contributed by atoms with E-state index in [1.807, 2.05) is 37.1 Å². The number of rotatable bonds is 5. The standard InChI is InChI=1S/C16H19N3OS/c1-12(2)19(16(20)15-10-17-7-8-18-15)11-13-5-4-6-14(9-13)21-3/h4-10,12H,11H2,1-3H3. The lowest BCUT2D eigenvalue weighted by molar-refractivity contribution is 0.0683. The van der Waals surface area contributed by atoms with Crippen LogP contribution in [0.2, 0.25) is 0 Å². The Hall–Kier alpha value is -1.88. The van der Waals surface area contributed by atoms with Gasteiger partial charge in [0.15, 0.2) is 0 Å². The lowest BCUT2D eigenvalue weighted by atomic mass is 10.1. The Morgan fingerprint density at radius 1 is 1.33 bits per heavy atom. The molecule has 0 saturated carbocycles. The van der Waals surface area contributed by atoms with Crippen LogP contribution in [0.25, 0.3) is 0 Å². The summed E-state index contributed by atoms with van der Waals surface area (Å²) in [5, 5.41) is 0. The van der Waals surface area contributed by atoms with Crippen molar-refractivity contribution in [2.45, 2.75) is 31.3 Å². The highest BCUT2D eigenvalue weighted by molar-refractivity contribution is 7.98. The summed E-state index contributed by atoms with van der Waals surface area (Å²) >= 11 is 1.70. The van der Waals surface area contributed by atoms with Gasteiger partial charge in [0.05, 0.1) is 6.20 Å². The van der Waals surface area contributed by atoms with Crippen molar-refractivity contribution in [1.29, 1.82) is 0 Å². The minimum absolute atomic E-state index is 0.0901. The van der Waals surface area contributed by atoms with Crippen LogP contribution < -0.4 is 0 Å². The summed E-state index contributed by atoms with van der Waals surface area (Å²) < 4.78 is 0. The maximum atomic E-state index is 12.6. The Morgan fingerprint density at radius 3 is 2.76 bits per heavy atom. The van der Waals surface area contributed by atoms with Gasteiger partial charge < -0.3 is 4.90 Å². The number of amides is 1. The molecular formula is C16H19N3OS. The Morgan fingerprint density at radius 2 is 2.14 bits per heavy atom. The van der Waals surface area contributed by atoms with Crippen LogP contribution in [0.3, 0.4) is 0 Å². The zero-order valence-corrected chi connectivity index (χ0v) is 13.3. The molecule has 2 rings (SSSR count). The number of hydrogen-bond acceptors (Lipinski definition) is 4. The van der Waals surface area contributed by atoms with E-state index in [9.17, 15) is 4.79 Å². The van der Waals surface area contributed by atoms with Crippen molar-refractivity contribution in [2.75, 3.05) is 6.26 Å². The van der Waals surface area contributed by atoms with Crippen molar-refractivity contribution in [2.24, 2.45) is 0 Å². The second-order valence-corrected chi connectivity index (χ2v) is 5.85. The molecule has 1 amide bonds. The molecule has 5 heteroatoms. The first-order chi connectivity index (χ1) is 10.1. The summed E-state index contributed by atoms with van der Waals surface area (Å²) in [7, 11) is 0. The first-order valence-corrected chi connectivity index (χ1v) is 8.04. The Labute approximate surface area is 129 Å².